The number of hydrogen-bond acceptors (Lipinski definition) is 3. The lowest BCUT2D eigenvalue weighted by Gasteiger charge is -2.21. The molecule has 3 N–H and O–H groups in total. The molecule has 2 aromatic carbocycles. The Morgan fingerprint density at radius 1 is 1.33 bits per heavy atom. The van der Waals surface area contributed by atoms with Crippen LogP contribution >= 0.6 is 15.9 Å². The Morgan fingerprint density at radius 3 is 2.76 bits per heavy atom. The summed E-state index contributed by atoms with van der Waals surface area (Å²) < 4.78 is 14.0. The maximum Gasteiger partial charge on any atom is 0.170 e. The average molecular weight is 352 g/mol. The lowest BCUT2D eigenvalue weighted by molar-refractivity contribution is 0.318. The summed E-state index contributed by atoms with van der Waals surface area (Å²) in [4.78, 5) is 1.95. The Kier molecular flexibility index (Phi) is 4.80. The first-order valence-corrected chi connectivity index (χ1v) is 7.04. The maximum atomic E-state index is 13.5. The molecule has 0 aliphatic heterocycles. The summed E-state index contributed by atoms with van der Waals surface area (Å²) >= 11 is 3.26. The highest BCUT2D eigenvalue weighted by atomic mass is 79.9. The van der Waals surface area contributed by atoms with Crippen molar-refractivity contribution in [1.82, 2.24) is 0 Å². The number of nitrogens with zero attached hydrogens (tertiary/aromatic N) is 2. The molecule has 0 fully saturated rings. The van der Waals surface area contributed by atoms with Crippen LogP contribution in [0.15, 0.2) is 52.1 Å². The van der Waals surface area contributed by atoms with E-state index in [1.54, 1.807) is 12.1 Å². The fourth-order valence-corrected chi connectivity index (χ4v) is 2.37. The van der Waals surface area contributed by atoms with Crippen LogP contribution in [0.2, 0.25) is 0 Å². The highest BCUT2D eigenvalue weighted by molar-refractivity contribution is 9.10. The molecule has 0 saturated heterocycles. The summed E-state index contributed by atoms with van der Waals surface area (Å²) in [6.07, 6.45) is 0. The van der Waals surface area contributed by atoms with Gasteiger partial charge in [0.05, 0.1) is 4.47 Å². The van der Waals surface area contributed by atoms with Gasteiger partial charge in [0.2, 0.25) is 0 Å². The van der Waals surface area contributed by atoms with Gasteiger partial charge in [-0.2, -0.15) is 0 Å². The average Bonchev–Trinajstić information content (AvgIpc) is 2.51. The van der Waals surface area contributed by atoms with E-state index in [9.17, 15) is 4.39 Å². The van der Waals surface area contributed by atoms with E-state index in [2.05, 4.69) is 21.1 Å². The first kappa shape index (κ1) is 15.3. The van der Waals surface area contributed by atoms with Crippen molar-refractivity contribution >= 4 is 27.5 Å². The van der Waals surface area contributed by atoms with Crippen LogP contribution in [0.25, 0.3) is 0 Å². The summed E-state index contributed by atoms with van der Waals surface area (Å²) in [5, 5.41) is 11.7. The fraction of sp³-hybridized carbons (Fsp3) is 0.133. The van der Waals surface area contributed by atoms with Crippen LogP contribution in [0.5, 0.6) is 0 Å². The van der Waals surface area contributed by atoms with Gasteiger partial charge in [0.1, 0.15) is 5.82 Å². The van der Waals surface area contributed by atoms with E-state index < -0.39 is 0 Å². The zero-order chi connectivity index (χ0) is 15.4. The second-order valence-electron chi connectivity index (χ2n) is 4.60. The molecule has 2 aromatic rings. The largest absolute Gasteiger partial charge is 0.409 e. The standard InChI is InChI=1S/C15H15BrFN3O/c1-20(9-11-5-3-7-13(17)14(11)16)12-6-2-4-10(8-12)15(18)19-21/h2-8,21H,9H2,1H3,(H2,18,19). The molecule has 0 bridgehead atoms. The molecule has 0 amide bonds. The van der Waals surface area contributed by atoms with Crippen molar-refractivity contribution < 1.29 is 9.60 Å². The minimum atomic E-state index is -0.286. The van der Waals surface area contributed by atoms with Crippen LogP contribution in [-0.4, -0.2) is 18.1 Å². The predicted octanol–water partition coefficient (Wildman–Crippen LogP) is 3.32. The van der Waals surface area contributed by atoms with E-state index in [-0.39, 0.29) is 11.7 Å². The molecule has 110 valence electrons. The number of nitrogens with two attached hydrogens (primary N) is 1. The molecule has 0 unspecified atom stereocenters. The predicted molar refractivity (Wildman–Crippen MR) is 85.2 cm³/mol. The van der Waals surface area contributed by atoms with Gasteiger partial charge < -0.3 is 15.8 Å². The SMILES string of the molecule is CN(Cc1cccc(F)c1Br)c1cccc(/C(N)=N/O)c1. The second-order valence-corrected chi connectivity index (χ2v) is 5.40. The van der Waals surface area contributed by atoms with E-state index in [1.807, 2.05) is 36.2 Å². The topological polar surface area (TPSA) is 61.8 Å². The molecule has 0 aromatic heterocycles. The molecule has 0 spiro atoms. The fourth-order valence-electron chi connectivity index (χ4n) is 1.98. The molecule has 2 rings (SSSR count). The van der Waals surface area contributed by atoms with E-state index >= 15 is 0 Å². The Hall–Kier alpha value is -2.08. The summed E-state index contributed by atoms with van der Waals surface area (Å²) in [5.41, 5.74) is 7.93. The monoisotopic (exact) mass is 351 g/mol. The van der Waals surface area contributed by atoms with Crippen LogP contribution < -0.4 is 10.6 Å². The van der Waals surface area contributed by atoms with Gasteiger partial charge in [-0.1, -0.05) is 29.4 Å². The van der Waals surface area contributed by atoms with Gasteiger partial charge in [-0.15, -0.1) is 0 Å². The summed E-state index contributed by atoms with van der Waals surface area (Å²) in [6, 6.07) is 12.2. The summed E-state index contributed by atoms with van der Waals surface area (Å²) in [7, 11) is 1.89. The van der Waals surface area contributed by atoms with Crippen molar-refractivity contribution in [2.75, 3.05) is 11.9 Å². The van der Waals surface area contributed by atoms with Gasteiger partial charge in [0, 0.05) is 24.8 Å². The van der Waals surface area contributed by atoms with Gasteiger partial charge >= 0.3 is 0 Å². The smallest absolute Gasteiger partial charge is 0.170 e. The van der Waals surface area contributed by atoms with Crippen molar-refractivity contribution in [3.05, 3.63) is 63.9 Å². The molecular formula is C15H15BrFN3O. The third-order valence-electron chi connectivity index (χ3n) is 3.13. The molecule has 21 heavy (non-hydrogen) atoms. The lowest BCUT2D eigenvalue weighted by Crippen LogP contribution is -2.18. The quantitative estimate of drug-likeness (QED) is 0.384. The Labute approximate surface area is 130 Å². The van der Waals surface area contributed by atoms with Crippen molar-refractivity contribution in [1.29, 1.82) is 0 Å². The minimum absolute atomic E-state index is 0.0530. The highest BCUT2D eigenvalue weighted by Crippen LogP contribution is 2.24. The molecule has 6 heteroatoms. The third kappa shape index (κ3) is 3.52. The number of benzene rings is 2. The van der Waals surface area contributed by atoms with Crippen LogP contribution in [-0.2, 0) is 6.54 Å². The number of anilines is 1. The van der Waals surface area contributed by atoms with Crippen LogP contribution in [0.3, 0.4) is 0 Å². The van der Waals surface area contributed by atoms with Crippen LogP contribution in [0.4, 0.5) is 10.1 Å². The lowest BCUT2D eigenvalue weighted by atomic mass is 10.1. The molecule has 0 heterocycles. The molecule has 0 aliphatic rings. The summed E-state index contributed by atoms with van der Waals surface area (Å²) in [6.45, 7) is 0.526. The normalized spacial score (nSPS) is 11.5. The first-order valence-electron chi connectivity index (χ1n) is 6.25. The van der Waals surface area contributed by atoms with Gasteiger partial charge in [0.25, 0.3) is 0 Å². The van der Waals surface area contributed by atoms with E-state index in [0.717, 1.165) is 11.3 Å². The Bertz CT molecular complexity index is 676. The molecule has 0 saturated carbocycles. The summed E-state index contributed by atoms with van der Waals surface area (Å²) in [5.74, 6) is -0.233. The number of halogens is 2. The first-order chi connectivity index (χ1) is 10.0. The number of rotatable bonds is 4. The van der Waals surface area contributed by atoms with Gasteiger partial charge in [-0.25, -0.2) is 4.39 Å². The van der Waals surface area contributed by atoms with Crippen molar-refractivity contribution in [2.45, 2.75) is 6.54 Å². The molecule has 0 radical (unpaired) electrons. The van der Waals surface area contributed by atoms with Gasteiger partial charge in [-0.3, -0.25) is 0 Å². The highest BCUT2D eigenvalue weighted by Gasteiger charge is 2.09. The molecular weight excluding hydrogens is 337 g/mol. The third-order valence-corrected chi connectivity index (χ3v) is 4.02. The molecule has 4 nitrogen and oxygen atoms in total. The van der Waals surface area contributed by atoms with Crippen molar-refractivity contribution in [2.24, 2.45) is 10.9 Å². The van der Waals surface area contributed by atoms with Gasteiger partial charge in [-0.05, 0) is 39.7 Å². The van der Waals surface area contributed by atoms with E-state index in [0.29, 0.717) is 16.6 Å². The Morgan fingerprint density at radius 2 is 2.05 bits per heavy atom. The molecule has 0 aliphatic carbocycles. The van der Waals surface area contributed by atoms with E-state index in [4.69, 9.17) is 10.9 Å². The molecule has 0 atom stereocenters. The van der Waals surface area contributed by atoms with E-state index in [1.165, 1.54) is 6.07 Å². The van der Waals surface area contributed by atoms with Crippen molar-refractivity contribution in [3.63, 3.8) is 0 Å². The van der Waals surface area contributed by atoms with Crippen LogP contribution in [0.1, 0.15) is 11.1 Å². The number of oxime groups is 1. The number of hydrogen-bond donors (Lipinski definition) is 2. The van der Waals surface area contributed by atoms with Crippen LogP contribution in [0, 0.1) is 5.82 Å². The minimum Gasteiger partial charge on any atom is -0.409 e. The van der Waals surface area contributed by atoms with Crippen molar-refractivity contribution in [3.8, 4) is 0 Å². The zero-order valence-electron chi connectivity index (χ0n) is 11.4. The second kappa shape index (κ2) is 6.58. The zero-order valence-corrected chi connectivity index (χ0v) is 13.0. The number of amidine groups is 1. The Balaban J connectivity index is 2.24. The maximum absolute atomic E-state index is 13.5. The van der Waals surface area contributed by atoms with Gasteiger partial charge in [0.15, 0.2) is 5.84 Å².